The van der Waals surface area contributed by atoms with Crippen LogP contribution >= 0.6 is 22.9 Å². The highest BCUT2D eigenvalue weighted by Crippen LogP contribution is 2.36. The van der Waals surface area contributed by atoms with Gasteiger partial charge in [0.2, 0.25) is 5.91 Å². The van der Waals surface area contributed by atoms with Crippen molar-refractivity contribution < 1.29 is 9.53 Å². The lowest BCUT2D eigenvalue weighted by molar-refractivity contribution is -0.118. The molecule has 36 heavy (non-hydrogen) atoms. The van der Waals surface area contributed by atoms with Crippen LogP contribution < -0.4 is 4.90 Å². The van der Waals surface area contributed by atoms with Crippen molar-refractivity contribution in [1.29, 1.82) is 0 Å². The van der Waals surface area contributed by atoms with Gasteiger partial charge in [-0.3, -0.25) is 14.6 Å². The number of rotatable bonds is 8. The van der Waals surface area contributed by atoms with Gasteiger partial charge >= 0.3 is 0 Å². The Bertz CT molecular complexity index is 1280. The van der Waals surface area contributed by atoms with Crippen LogP contribution in [0.5, 0.6) is 0 Å². The lowest BCUT2D eigenvalue weighted by Crippen LogP contribution is -2.39. The van der Waals surface area contributed by atoms with Crippen molar-refractivity contribution in [2.24, 2.45) is 0 Å². The molecule has 186 valence electrons. The fraction of sp³-hybridized carbons (Fsp3) is 0.310. The van der Waals surface area contributed by atoms with Crippen molar-refractivity contribution in [2.75, 3.05) is 44.3 Å². The summed E-state index contributed by atoms with van der Waals surface area (Å²) in [6.07, 6.45) is 1.20. The van der Waals surface area contributed by atoms with Crippen molar-refractivity contribution >= 4 is 44.2 Å². The number of hydrogen-bond acceptors (Lipinski definition) is 5. The Hall–Kier alpha value is -2.77. The molecular weight excluding hydrogens is 490 g/mol. The summed E-state index contributed by atoms with van der Waals surface area (Å²) in [5, 5.41) is 1.39. The Labute approximate surface area is 221 Å². The molecule has 1 aromatic heterocycles. The van der Waals surface area contributed by atoms with Crippen LogP contribution in [0.3, 0.4) is 0 Å². The van der Waals surface area contributed by atoms with Crippen LogP contribution in [0.15, 0.2) is 66.7 Å². The van der Waals surface area contributed by atoms with E-state index >= 15 is 0 Å². The van der Waals surface area contributed by atoms with Crippen molar-refractivity contribution in [3.63, 3.8) is 0 Å². The maximum Gasteiger partial charge on any atom is 0.233 e. The lowest BCUT2D eigenvalue weighted by Gasteiger charge is -2.27. The average Bonchev–Trinajstić information content (AvgIpc) is 3.37. The molecule has 0 N–H and O–H groups in total. The Balaban J connectivity index is 1.35. The van der Waals surface area contributed by atoms with Gasteiger partial charge in [0.25, 0.3) is 0 Å². The number of fused-ring (bicyclic) bond motifs is 1. The molecule has 2 heterocycles. The zero-order valence-electron chi connectivity index (χ0n) is 20.5. The third kappa shape index (κ3) is 5.79. The normalized spacial score (nSPS) is 14.3. The Kier molecular flexibility index (Phi) is 7.97. The number of carbonyl (C=O) groups is 1. The number of carbonyl (C=O) groups excluding carboxylic acids is 1. The van der Waals surface area contributed by atoms with Gasteiger partial charge < -0.3 is 4.74 Å². The molecule has 1 saturated heterocycles. The standard InChI is InChI=1S/C29H30ClN3O2S/c1-21-8-13-25(30)28-27(21)31-29(36-28)33(15-5-14-32-16-18-35-19-17-32)26(34)20-22-9-11-24(12-10-22)23-6-3-2-4-7-23/h2-4,6-13H,5,14-20H2,1H3. The number of amides is 1. The van der Waals surface area contributed by atoms with Crippen LogP contribution in [0.4, 0.5) is 5.13 Å². The number of benzene rings is 3. The summed E-state index contributed by atoms with van der Waals surface area (Å²) in [6, 6.07) is 22.4. The first-order chi connectivity index (χ1) is 17.6. The number of halogens is 1. The van der Waals surface area contributed by atoms with Gasteiger partial charge in [-0.25, -0.2) is 4.98 Å². The number of aromatic nitrogens is 1. The Morgan fingerprint density at radius 2 is 1.75 bits per heavy atom. The van der Waals surface area contributed by atoms with Crippen LogP contribution in [0.25, 0.3) is 21.3 Å². The van der Waals surface area contributed by atoms with E-state index in [0.29, 0.717) is 23.1 Å². The highest BCUT2D eigenvalue weighted by atomic mass is 35.5. The van der Waals surface area contributed by atoms with Crippen LogP contribution in [-0.4, -0.2) is 55.2 Å². The van der Waals surface area contributed by atoms with E-state index in [1.54, 1.807) is 0 Å². The van der Waals surface area contributed by atoms with Crippen molar-refractivity contribution in [1.82, 2.24) is 9.88 Å². The Morgan fingerprint density at radius 1 is 1.03 bits per heavy atom. The molecule has 3 aromatic carbocycles. The third-order valence-corrected chi connectivity index (χ3v) is 8.13. The summed E-state index contributed by atoms with van der Waals surface area (Å²) in [5.41, 5.74) is 5.25. The number of nitrogens with zero attached hydrogens (tertiary/aromatic N) is 3. The molecule has 0 bridgehead atoms. The molecule has 0 atom stereocenters. The van der Waals surface area contributed by atoms with E-state index in [1.165, 1.54) is 16.9 Å². The largest absolute Gasteiger partial charge is 0.379 e. The summed E-state index contributed by atoms with van der Waals surface area (Å²) in [5.74, 6) is 0.0530. The minimum atomic E-state index is 0.0530. The van der Waals surface area contributed by atoms with Crippen LogP contribution in [0, 0.1) is 6.92 Å². The van der Waals surface area contributed by atoms with Gasteiger partial charge in [0.05, 0.1) is 34.9 Å². The maximum atomic E-state index is 13.6. The fourth-order valence-electron chi connectivity index (χ4n) is 4.53. The summed E-state index contributed by atoms with van der Waals surface area (Å²) >= 11 is 7.98. The van der Waals surface area contributed by atoms with Crippen LogP contribution in [0.1, 0.15) is 17.5 Å². The van der Waals surface area contributed by atoms with Crippen LogP contribution in [-0.2, 0) is 16.0 Å². The molecule has 4 aromatic rings. The molecule has 0 unspecified atom stereocenters. The summed E-state index contributed by atoms with van der Waals surface area (Å²) in [6.45, 7) is 7.02. The highest BCUT2D eigenvalue weighted by molar-refractivity contribution is 7.23. The Morgan fingerprint density at radius 3 is 2.47 bits per heavy atom. The third-order valence-electron chi connectivity index (χ3n) is 6.59. The summed E-state index contributed by atoms with van der Waals surface area (Å²) in [4.78, 5) is 22.7. The van der Waals surface area contributed by atoms with Gasteiger partial charge in [0.15, 0.2) is 5.13 Å². The zero-order valence-corrected chi connectivity index (χ0v) is 22.0. The minimum Gasteiger partial charge on any atom is -0.379 e. The molecule has 7 heteroatoms. The molecule has 0 saturated carbocycles. The van der Waals surface area contributed by atoms with Gasteiger partial charge in [-0.2, -0.15) is 0 Å². The first-order valence-electron chi connectivity index (χ1n) is 12.4. The maximum absolute atomic E-state index is 13.6. The summed E-state index contributed by atoms with van der Waals surface area (Å²) in [7, 11) is 0. The number of ether oxygens (including phenoxy) is 1. The van der Waals surface area contributed by atoms with Crippen molar-refractivity contribution in [3.05, 3.63) is 82.9 Å². The molecule has 0 spiro atoms. The molecule has 1 fully saturated rings. The van der Waals surface area contributed by atoms with Gasteiger partial charge in [-0.1, -0.05) is 83.6 Å². The topological polar surface area (TPSA) is 45.7 Å². The van der Waals surface area contributed by atoms with E-state index < -0.39 is 0 Å². The van der Waals surface area contributed by atoms with Crippen LogP contribution in [0.2, 0.25) is 5.02 Å². The van der Waals surface area contributed by atoms with E-state index in [0.717, 1.165) is 66.2 Å². The van der Waals surface area contributed by atoms with E-state index in [-0.39, 0.29) is 5.91 Å². The van der Waals surface area contributed by atoms with Gasteiger partial charge in [0.1, 0.15) is 0 Å². The number of anilines is 1. The van der Waals surface area contributed by atoms with Crippen molar-refractivity contribution in [2.45, 2.75) is 19.8 Å². The quantitative estimate of drug-likeness (QED) is 0.277. The second-order valence-electron chi connectivity index (χ2n) is 9.13. The number of hydrogen-bond donors (Lipinski definition) is 0. The van der Waals surface area contributed by atoms with E-state index in [1.807, 2.05) is 54.3 Å². The van der Waals surface area contributed by atoms with E-state index in [2.05, 4.69) is 29.2 Å². The van der Waals surface area contributed by atoms with E-state index in [9.17, 15) is 4.79 Å². The molecule has 1 aliphatic heterocycles. The van der Waals surface area contributed by atoms with Gasteiger partial charge in [0, 0.05) is 26.2 Å². The monoisotopic (exact) mass is 519 g/mol. The molecule has 1 amide bonds. The zero-order chi connectivity index (χ0) is 24.9. The number of aryl methyl sites for hydroxylation is 1. The van der Waals surface area contributed by atoms with Crippen molar-refractivity contribution in [3.8, 4) is 11.1 Å². The highest BCUT2D eigenvalue weighted by Gasteiger charge is 2.22. The molecular formula is C29H30ClN3O2S. The first kappa shape index (κ1) is 24.9. The second kappa shape index (κ2) is 11.5. The average molecular weight is 520 g/mol. The number of thiazole rings is 1. The van der Waals surface area contributed by atoms with Gasteiger partial charge in [-0.05, 0) is 41.7 Å². The first-order valence-corrected chi connectivity index (χ1v) is 13.6. The predicted molar refractivity (Wildman–Crippen MR) is 149 cm³/mol. The molecule has 1 aliphatic rings. The molecule has 5 nitrogen and oxygen atoms in total. The summed E-state index contributed by atoms with van der Waals surface area (Å²) < 4.78 is 6.40. The second-order valence-corrected chi connectivity index (χ2v) is 10.5. The molecule has 0 radical (unpaired) electrons. The lowest BCUT2D eigenvalue weighted by atomic mass is 10.0. The minimum absolute atomic E-state index is 0.0530. The smallest absolute Gasteiger partial charge is 0.233 e. The SMILES string of the molecule is Cc1ccc(Cl)c2sc(N(CCCN3CCOCC3)C(=O)Cc3ccc(-c4ccccc4)cc3)nc12. The molecule has 0 aliphatic carbocycles. The fourth-order valence-corrected chi connectivity index (χ4v) is 5.89. The van der Waals surface area contributed by atoms with E-state index in [4.69, 9.17) is 21.3 Å². The number of morpholine rings is 1. The van der Waals surface area contributed by atoms with Gasteiger partial charge in [-0.15, -0.1) is 0 Å². The molecule has 5 rings (SSSR count). The predicted octanol–water partition coefficient (Wildman–Crippen LogP) is 6.22.